The summed E-state index contributed by atoms with van der Waals surface area (Å²) >= 11 is 0. The molecule has 0 aliphatic heterocycles. The zero-order valence-corrected chi connectivity index (χ0v) is 11.3. The van der Waals surface area contributed by atoms with Gasteiger partial charge in [-0.2, -0.15) is 5.26 Å². The van der Waals surface area contributed by atoms with E-state index in [-0.39, 0.29) is 17.9 Å². The van der Waals surface area contributed by atoms with Gasteiger partial charge in [-0.1, -0.05) is 24.3 Å². The van der Waals surface area contributed by atoms with Crippen molar-refractivity contribution in [1.29, 1.82) is 5.26 Å². The minimum atomic E-state index is -0.642. The van der Waals surface area contributed by atoms with Crippen LogP contribution in [0.5, 0.6) is 5.75 Å². The lowest BCUT2D eigenvalue weighted by Gasteiger charge is -2.11. The molecule has 0 aromatic heterocycles. The van der Waals surface area contributed by atoms with E-state index in [9.17, 15) is 9.18 Å². The molecule has 2 rings (SSSR count). The molecule has 2 aromatic rings. The highest BCUT2D eigenvalue weighted by molar-refractivity contribution is 5.90. The Balaban J connectivity index is 2.24. The van der Waals surface area contributed by atoms with Crippen molar-refractivity contribution in [1.82, 2.24) is 0 Å². The summed E-state index contributed by atoms with van der Waals surface area (Å²) in [7, 11) is 1.29. The van der Waals surface area contributed by atoms with E-state index < -0.39 is 11.8 Å². The highest BCUT2D eigenvalue weighted by atomic mass is 19.1. The van der Waals surface area contributed by atoms with E-state index in [0.29, 0.717) is 11.1 Å². The quantitative estimate of drug-likeness (QED) is 0.810. The maximum Gasteiger partial charge on any atom is 0.338 e. The Morgan fingerprint density at radius 3 is 2.71 bits per heavy atom. The Kier molecular flexibility index (Phi) is 4.52. The van der Waals surface area contributed by atoms with Crippen LogP contribution in [-0.2, 0) is 11.3 Å². The smallest absolute Gasteiger partial charge is 0.338 e. The van der Waals surface area contributed by atoms with Crippen LogP contribution in [0.3, 0.4) is 0 Å². The first-order valence-electron chi connectivity index (χ1n) is 6.15. The molecular weight excluding hydrogens is 273 g/mol. The van der Waals surface area contributed by atoms with Crippen molar-refractivity contribution in [3.05, 3.63) is 65.0 Å². The lowest BCUT2D eigenvalue weighted by molar-refractivity contribution is 0.0597. The summed E-state index contributed by atoms with van der Waals surface area (Å²) in [4.78, 5) is 11.6. The predicted octanol–water partition coefficient (Wildman–Crippen LogP) is 3.06. The molecule has 0 N–H and O–H groups in total. The summed E-state index contributed by atoms with van der Waals surface area (Å²) in [5.74, 6) is -0.984. The van der Waals surface area contributed by atoms with Crippen LogP contribution >= 0.6 is 0 Å². The van der Waals surface area contributed by atoms with Crippen LogP contribution in [0.2, 0.25) is 0 Å². The van der Waals surface area contributed by atoms with Crippen LogP contribution in [0, 0.1) is 17.1 Å². The standard InChI is InChI=1S/C16H12FNO3/c1-20-16(19)12-6-3-2-5-11(12)10-21-15-8-4-7-14(17)13(15)9-18/h2-8H,10H2,1H3. The van der Waals surface area contributed by atoms with Crippen LogP contribution in [-0.4, -0.2) is 13.1 Å². The molecule has 5 heteroatoms. The van der Waals surface area contributed by atoms with E-state index in [2.05, 4.69) is 4.74 Å². The molecule has 0 saturated heterocycles. The number of ether oxygens (including phenoxy) is 2. The van der Waals surface area contributed by atoms with Crippen LogP contribution in [0.1, 0.15) is 21.5 Å². The molecule has 2 aromatic carbocycles. The molecular formula is C16H12FNO3. The molecule has 0 atom stereocenters. The monoisotopic (exact) mass is 285 g/mol. The highest BCUT2D eigenvalue weighted by Crippen LogP contribution is 2.22. The minimum absolute atomic E-state index is 0.0312. The van der Waals surface area contributed by atoms with Crippen molar-refractivity contribution in [3.8, 4) is 11.8 Å². The maximum atomic E-state index is 13.5. The van der Waals surface area contributed by atoms with E-state index in [4.69, 9.17) is 10.00 Å². The Morgan fingerprint density at radius 1 is 1.24 bits per heavy atom. The third-order valence-corrected chi connectivity index (χ3v) is 2.89. The van der Waals surface area contributed by atoms with Crippen molar-refractivity contribution in [2.45, 2.75) is 6.61 Å². The second kappa shape index (κ2) is 6.53. The number of nitrogens with zero attached hydrogens (tertiary/aromatic N) is 1. The van der Waals surface area contributed by atoms with Gasteiger partial charge in [-0.15, -0.1) is 0 Å². The van der Waals surface area contributed by atoms with Gasteiger partial charge in [0, 0.05) is 5.56 Å². The number of esters is 1. The maximum absolute atomic E-state index is 13.5. The third-order valence-electron chi connectivity index (χ3n) is 2.89. The van der Waals surface area contributed by atoms with Crippen molar-refractivity contribution < 1.29 is 18.7 Å². The van der Waals surface area contributed by atoms with Crippen LogP contribution in [0.25, 0.3) is 0 Å². The first-order valence-corrected chi connectivity index (χ1v) is 6.15. The van der Waals surface area contributed by atoms with Gasteiger partial charge < -0.3 is 9.47 Å². The average molecular weight is 285 g/mol. The molecule has 106 valence electrons. The molecule has 0 spiro atoms. The summed E-state index contributed by atoms with van der Waals surface area (Å²) in [6.07, 6.45) is 0. The molecule has 0 bridgehead atoms. The predicted molar refractivity (Wildman–Crippen MR) is 73.2 cm³/mol. The Hall–Kier alpha value is -2.87. The fourth-order valence-electron chi connectivity index (χ4n) is 1.84. The zero-order valence-electron chi connectivity index (χ0n) is 11.3. The third kappa shape index (κ3) is 3.18. The normalized spacial score (nSPS) is 9.76. The molecule has 4 nitrogen and oxygen atoms in total. The van der Waals surface area contributed by atoms with Crippen LogP contribution < -0.4 is 4.74 Å². The number of benzene rings is 2. The first-order chi connectivity index (χ1) is 10.2. The molecule has 0 unspecified atom stereocenters. The minimum Gasteiger partial charge on any atom is -0.487 e. The fraction of sp³-hybridized carbons (Fsp3) is 0.125. The van der Waals surface area contributed by atoms with Gasteiger partial charge in [0.2, 0.25) is 0 Å². The van der Waals surface area contributed by atoms with Crippen molar-refractivity contribution in [2.75, 3.05) is 7.11 Å². The van der Waals surface area contributed by atoms with Gasteiger partial charge in [0.05, 0.1) is 12.7 Å². The summed E-state index contributed by atoms with van der Waals surface area (Å²) in [6, 6.07) is 12.7. The van der Waals surface area contributed by atoms with E-state index >= 15 is 0 Å². The Bertz CT molecular complexity index is 707. The van der Waals surface area contributed by atoms with E-state index in [1.54, 1.807) is 30.3 Å². The number of hydrogen-bond donors (Lipinski definition) is 0. The number of carbonyl (C=O) groups is 1. The number of rotatable bonds is 4. The van der Waals surface area contributed by atoms with E-state index in [1.807, 2.05) is 0 Å². The van der Waals surface area contributed by atoms with Gasteiger partial charge >= 0.3 is 5.97 Å². The molecule has 21 heavy (non-hydrogen) atoms. The average Bonchev–Trinajstić information content (AvgIpc) is 2.52. The Labute approximate surface area is 121 Å². The van der Waals surface area contributed by atoms with Gasteiger partial charge in [0.25, 0.3) is 0 Å². The number of nitriles is 1. The van der Waals surface area contributed by atoms with Gasteiger partial charge in [0.15, 0.2) is 0 Å². The molecule has 0 radical (unpaired) electrons. The number of halogens is 1. The van der Waals surface area contributed by atoms with Gasteiger partial charge in [-0.3, -0.25) is 0 Å². The number of carbonyl (C=O) groups excluding carboxylic acids is 1. The molecule has 0 aliphatic carbocycles. The fourth-order valence-corrected chi connectivity index (χ4v) is 1.84. The highest BCUT2D eigenvalue weighted by Gasteiger charge is 2.13. The van der Waals surface area contributed by atoms with E-state index in [0.717, 1.165) is 0 Å². The van der Waals surface area contributed by atoms with Crippen molar-refractivity contribution in [3.63, 3.8) is 0 Å². The topological polar surface area (TPSA) is 59.3 Å². The van der Waals surface area contributed by atoms with E-state index in [1.165, 1.54) is 25.3 Å². The van der Waals surface area contributed by atoms with Crippen molar-refractivity contribution in [2.24, 2.45) is 0 Å². The second-order valence-electron chi connectivity index (χ2n) is 4.16. The molecule has 0 aliphatic rings. The van der Waals surface area contributed by atoms with Gasteiger partial charge in [-0.05, 0) is 18.2 Å². The Morgan fingerprint density at radius 2 is 2.00 bits per heavy atom. The lowest BCUT2D eigenvalue weighted by Crippen LogP contribution is -2.08. The van der Waals surface area contributed by atoms with Gasteiger partial charge in [-0.25, -0.2) is 9.18 Å². The van der Waals surface area contributed by atoms with Crippen LogP contribution in [0.4, 0.5) is 4.39 Å². The number of methoxy groups -OCH3 is 1. The summed E-state index contributed by atoms with van der Waals surface area (Å²) in [6.45, 7) is 0.0312. The lowest BCUT2D eigenvalue weighted by atomic mass is 10.1. The second-order valence-corrected chi connectivity index (χ2v) is 4.16. The van der Waals surface area contributed by atoms with Crippen molar-refractivity contribution >= 4 is 5.97 Å². The molecule has 0 amide bonds. The first kappa shape index (κ1) is 14.5. The SMILES string of the molecule is COC(=O)c1ccccc1COc1cccc(F)c1C#N. The zero-order chi connectivity index (χ0) is 15.2. The van der Waals surface area contributed by atoms with Gasteiger partial charge in [0.1, 0.15) is 29.8 Å². The summed E-state index contributed by atoms with van der Waals surface area (Å²) in [5.41, 5.74) is 0.806. The largest absolute Gasteiger partial charge is 0.487 e. The molecule has 0 saturated carbocycles. The van der Waals surface area contributed by atoms with Crippen LogP contribution in [0.15, 0.2) is 42.5 Å². The molecule has 0 heterocycles. The molecule has 0 fully saturated rings. The summed E-state index contributed by atoms with van der Waals surface area (Å²) in [5, 5.41) is 8.93. The summed E-state index contributed by atoms with van der Waals surface area (Å²) < 4.78 is 23.6. The number of hydrogen-bond acceptors (Lipinski definition) is 4.